The number of hydrogen-bond acceptors (Lipinski definition) is 7. The molecule has 0 radical (unpaired) electrons. The minimum absolute atomic E-state index is 0.144. The molecule has 9 heteroatoms. The Morgan fingerprint density at radius 2 is 2.18 bits per heavy atom. The first-order chi connectivity index (χ1) is 13.6. The van der Waals surface area contributed by atoms with Gasteiger partial charge in [-0.05, 0) is 54.6 Å². The van der Waals surface area contributed by atoms with Gasteiger partial charge in [0.2, 0.25) is 5.91 Å². The van der Waals surface area contributed by atoms with Gasteiger partial charge in [0.15, 0.2) is 5.16 Å². The lowest BCUT2D eigenvalue weighted by atomic mass is 10.2. The highest BCUT2D eigenvalue weighted by Crippen LogP contribution is 2.25. The number of nitrogens with one attached hydrogen (secondary N) is 1. The lowest BCUT2D eigenvalue weighted by Gasteiger charge is -2.10. The molecule has 0 aliphatic heterocycles. The minimum atomic E-state index is -0.144. The molecule has 0 spiro atoms. The summed E-state index contributed by atoms with van der Waals surface area (Å²) in [7, 11) is 1.61. The van der Waals surface area contributed by atoms with Crippen molar-refractivity contribution in [1.82, 2.24) is 14.8 Å². The summed E-state index contributed by atoms with van der Waals surface area (Å²) < 4.78 is 7.05. The van der Waals surface area contributed by atoms with E-state index in [0.29, 0.717) is 5.16 Å². The number of amides is 1. The van der Waals surface area contributed by atoms with Gasteiger partial charge in [0.1, 0.15) is 17.5 Å². The van der Waals surface area contributed by atoms with E-state index in [2.05, 4.69) is 15.5 Å². The van der Waals surface area contributed by atoms with Crippen LogP contribution in [0.1, 0.15) is 5.56 Å². The van der Waals surface area contributed by atoms with Gasteiger partial charge in [-0.1, -0.05) is 17.8 Å². The molecule has 0 saturated heterocycles. The first-order valence-electron chi connectivity index (χ1n) is 8.24. The second kappa shape index (κ2) is 9.30. The maximum absolute atomic E-state index is 12.4. The Hall–Kier alpha value is -2.96. The van der Waals surface area contributed by atoms with Crippen molar-refractivity contribution in [2.24, 2.45) is 0 Å². The largest absolute Gasteiger partial charge is 0.497 e. The van der Waals surface area contributed by atoms with Crippen LogP contribution in [0.15, 0.2) is 58.8 Å². The van der Waals surface area contributed by atoms with Gasteiger partial charge in [-0.3, -0.25) is 9.36 Å². The summed E-state index contributed by atoms with van der Waals surface area (Å²) >= 11 is 2.39. The number of carbonyl (C=O) groups excluding carboxylic acids is 1. The first kappa shape index (κ1) is 19.8. The van der Waals surface area contributed by atoms with Crippen molar-refractivity contribution in [2.75, 3.05) is 18.2 Å². The molecule has 1 aromatic heterocycles. The molecule has 7 nitrogen and oxygen atoms in total. The van der Waals surface area contributed by atoms with E-state index < -0.39 is 0 Å². The molecule has 1 heterocycles. The van der Waals surface area contributed by atoms with Crippen LogP contribution in [0.25, 0.3) is 5.69 Å². The third-order valence-corrected chi connectivity index (χ3v) is 5.34. The Kier molecular flexibility index (Phi) is 6.57. The Labute approximate surface area is 171 Å². The van der Waals surface area contributed by atoms with Gasteiger partial charge in [0, 0.05) is 16.6 Å². The molecule has 2 aromatic carbocycles. The molecule has 1 amide bonds. The highest BCUT2D eigenvalue weighted by molar-refractivity contribution is 8.03. The van der Waals surface area contributed by atoms with E-state index in [9.17, 15) is 4.79 Å². The number of rotatable bonds is 7. The zero-order valence-corrected chi connectivity index (χ0v) is 16.9. The Balaban J connectivity index is 1.64. The summed E-state index contributed by atoms with van der Waals surface area (Å²) in [6.45, 7) is 1.89. The standard InChI is InChI=1S/C19H17N5O2S2/c1-13-8-16(28-11-20)6-7-17(13)22-18(25)10-27-19-23-21-12-24(19)14-4-3-5-15(9-14)26-2/h3-9,12H,10H2,1-2H3,(H,22,25). The van der Waals surface area contributed by atoms with Gasteiger partial charge in [-0.2, -0.15) is 5.26 Å². The molecular weight excluding hydrogens is 394 g/mol. The van der Waals surface area contributed by atoms with Crippen molar-refractivity contribution < 1.29 is 9.53 Å². The number of carbonyl (C=O) groups is 1. The van der Waals surface area contributed by atoms with E-state index in [0.717, 1.165) is 39.3 Å². The van der Waals surface area contributed by atoms with E-state index in [1.165, 1.54) is 11.8 Å². The topological polar surface area (TPSA) is 92.8 Å². The van der Waals surface area contributed by atoms with Crippen molar-refractivity contribution in [3.8, 4) is 16.8 Å². The van der Waals surface area contributed by atoms with Crippen LogP contribution in [-0.2, 0) is 4.79 Å². The fourth-order valence-electron chi connectivity index (χ4n) is 2.47. The Bertz CT molecular complexity index is 1030. The number of thiocyanates is 1. The summed E-state index contributed by atoms with van der Waals surface area (Å²) in [5, 5.41) is 22.3. The number of nitriles is 1. The zero-order valence-electron chi connectivity index (χ0n) is 15.2. The predicted octanol–water partition coefficient (Wildman–Crippen LogP) is 3.89. The van der Waals surface area contributed by atoms with Crippen molar-refractivity contribution >= 4 is 35.1 Å². The molecule has 0 saturated carbocycles. The van der Waals surface area contributed by atoms with Gasteiger partial charge >= 0.3 is 0 Å². The molecular formula is C19H17N5O2S2. The molecule has 0 aliphatic carbocycles. The van der Waals surface area contributed by atoms with Crippen LogP contribution in [0.3, 0.4) is 0 Å². The molecule has 3 rings (SSSR count). The average molecular weight is 412 g/mol. The predicted molar refractivity (Wildman–Crippen MR) is 110 cm³/mol. The van der Waals surface area contributed by atoms with Gasteiger partial charge in [0.25, 0.3) is 0 Å². The second-order valence-corrected chi connectivity index (χ2v) is 7.49. The van der Waals surface area contributed by atoms with Crippen molar-refractivity contribution in [2.45, 2.75) is 17.0 Å². The van der Waals surface area contributed by atoms with E-state index in [1.807, 2.05) is 48.7 Å². The van der Waals surface area contributed by atoms with Gasteiger partial charge in [-0.15, -0.1) is 10.2 Å². The van der Waals surface area contributed by atoms with Crippen LogP contribution in [0.4, 0.5) is 5.69 Å². The Morgan fingerprint density at radius 1 is 1.32 bits per heavy atom. The fraction of sp³-hybridized carbons (Fsp3) is 0.158. The Morgan fingerprint density at radius 3 is 2.93 bits per heavy atom. The summed E-state index contributed by atoms with van der Waals surface area (Å²) in [6.07, 6.45) is 1.60. The van der Waals surface area contributed by atoms with Crippen molar-refractivity contribution in [3.05, 3.63) is 54.4 Å². The number of benzene rings is 2. The number of aryl methyl sites for hydroxylation is 1. The summed E-state index contributed by atoms with van der Waals surface area (Å²) in [6, 6.07) is 13.0. The van der Waals surface area contributed by atoms with Crippen LogP contribution in [0.5, 0.6) is 5.75 Å². The molecule has 1 N–H and O–H groups in total. The summed E-state index contributed by atoms with van der Waals surface area (Å²) in [4.78, 5) is 13.2. The summed E-state index contributed by atoms with van der Waals surface area (Å²) in [5.41, 5.74) is 2.48. The number of anilines is 1. The van der Waals surface area contributed by atoms with Crippen molar-refractivity contribution in [3.63, 3.8) is 0 Å². The lowest BCUT2D eigenvalue weighted by Crippen LogP contribution is -2.15. The van der Waals surface area contributed by atoms with Crippen LogP contribution in [-0.4, -0.2) is 33.5 Å². The highest BCUT2D eigenvalue weighted by atomic mass is 32.2. The normalized spacial score (nSPS) is 10.3. The molecule has 0 bridgehead atoms. The summed E-state index contributed by atoms with van der Waals surface area (Å²) in [5.74, 6) is 0.777. The fourth-order valence-corrected chi connectivity index (χ4v) is 3.68. The van der Waals surface area contributed by atoms with Crippen LogP contribution in [0.2, 0.25) is 0 Å². The average Bonchev–Trinajstić information content (AvgIpc) is 3.17. The third kappa shape index (κ3) is 4.85. The number of hydrogen-bond donors (Lipinski definition) is 1. The highest BCUT2D eigenvalue weighted by Gasteiger charge is 2.12. The maximum Gasteiger partial charge on any atom is 0.234 e. The van der Waals surface area contributed by atoms with E-state index in [-0.39, 0.29) is 11.7 Å². The van der Waals surface area contributed by atoms with Crippen LogP contribution in [0, 0.1) is 17.6 Å². The molecule has 142 valence electrons. The SMILES string of the molecule is COc1cccc(-n2cnnc2SCC(=O)Nc2ccc(SC#N)cc2C)c1. The smallest absolute Gasteiger partial charge is 0.234 e. The number of thioether (sulfide) groups is 2. The van der Waals surface area contributed by atoms with Crippen molar-refractivity contribution in [1.29, 1.82) is 5.26 Å². The second-order valence-electron chi connectivity index (χ2n) is 5.69. The maximum atomic E-state index is 12.4. The molecule has 28 heavy (non-hydrogen) atoms. The number of ether oxygens (including phenoxy) is 1. The molecule has 0 aliphatic rings. The number of methoxy groups -OCH3 is 1. The van der Waals surface area contributed by atoms with E-state index >= 15 is 0 Å². The monoisotopic (exact) mass is 411 g/mol. The van der Waals surface area contributed by atoms with Crippen LogP contribution < -0.4 is 10.1 Å². The van der Waals surface area contributed by atoms with Crippen LogP contribution >= 0.6 is 23.5 Å². The number of nitrogens with zero attached hydrogens (tertiary/aromatic N) is 4. The van der Waals surface area contributed by atoms with Gasteiger partial charge in [-0.25, -0.2) is 0 Å². The minimum Gasteiger partial charge on any atom is -0.497 e. The quantitative estimate of drug-likeness (QED) is 0.466. The molecule has 3 aromatic rings. The molecule has 0 fully saturated rings. The number of aromatic nitrogens is 3. The molecule has 0 unspecified atom stereocenters. The lowest BCUT2D eigenvalue weighted by molar-refractivity contribution is -0.113. The molecule has 0 atom stereocenters. The van der Waals surface area contributed by atoms with E-state index in [4.69, 9.17) is 10.00 Å². The first-order valence-corrected chi connectivity index (χ1v) is 10.0. The van der Waals surface area contributed by atoms with Gasteiger partial charge in [0.05, 0.1) is 18.6 Å². The van der Waals surface area contributed by atoms with Gasteiger partial charge < -0.3 is 10.1 Å². The third-order valence-electron chi connectivity index (χ3n) is 3.82. The zero-order chi connectivity index (χ0) is 19.9. The van der Waals surface area contributed by atoms with E-state index in [1.54, 1.807) is 24.1 Å².